The Kier molecular flexibility index (Phi) is 3.15. The summed E-state index contributed by atoms with van der Waals surface area (Å²) in [5.74, 6) is 0. The molecule has 1 aromatic heterocycles. The molecule has 0 aliphatic rings. The van der Waals surface area contributed by atoms with Crippen molar-refractivity contribution in [2.75, 3.05) is 5.73 Å². The minimum atomic E-state index is 0.796. The second kappa shape index (κ2) is 4.58. The Bertz CT molecular complexity index is 492. The number of rotatable bonds is 2. The van der Waals surface area contributed by atoms with E-state index in [0.29, 0.717) is 0 Å². The van der Waals surface area contributed by atoms with Crippen molar-refractivity contribution in [1.82, 2.24) is 4.98 Å². The number of anilines is 1. The van der Waals surface area contributed by atoms with E-state index in [1.165, 1.54) is 10.5 Å². The summed E-state index contributed by atoms with van der Waals surface area (Å²) in [6, 6.07) is 10.3. The summed E-state index contributed by atoms with van der Waals surface area (Å²) >= 11 is 1.63. The van der Waals surface area contributed by atoms with Gasteiger partial charge in [-0.15, -0.1) is 0 Å². The molecule has 82 valence electrons. The van der Waals surface area contributed by atoms with Crippen molar-refractivity contribution in [3.8, 4) is 0 Å². The number of aryl methyl sites for hydroxylation is 2. The molecule has 0 aliphatic heterocycles. The summed E-state index contributed by atoms with van der Waals surface area (Å²) in [4.78, 5) is 5.52. The van der Waals surface area contributed by atoms with Gasteiger partial charge in [-0.1, -0.05) is 29.5 Å². The number of pyridine rings is 1. The lowest BCUT2D eigenvalue weighted by Gasteiger charge is -2.04. The summed E-state index contributed by atoms with van der Waals surface area (Å²) < 4.78 is 0. The largest absolute Gasteiger partial charge is 0.398 e. The first-order valence-electron chi connectivity index (χ1n) is 5.12. The zero-order valence-corrected chi connectivity index (χ0v) is 10.2. The first-order valence-corrected chi connectivity index (χ1v) is 5.93. The Morgan fingerprint density at radius 3 is 2.44 bits per heavy atom. The van der Waals surface area contributed by atoms with E-state index in [1.807, 2.05) is 19.2 Å². The van der Waals surface area contributed by atoms with Crippen LogP contribution in [0.2, 0.25) is 0 Å². The van der Waals surface area contributed by atoms with Crippen molar-refractivity contribution in [3.05, 3.63) is 47.7 Å². The fraction of sp³-hybridized carbons (Fsp3) is 0.154. The van der Waals surface area contributed by atoms with E-state index < -0.39 is 0 Å². The van der Waals surface area contributed by atoms with E-state index in [0.717, 1.165) is 16.3 Å². The lowest BCUT2D eigenvalue weighted by Crippen LogP contribution is -1.91. The molecular formula is C13H14N2S. The molecule has 0 spiro atoms. The van der Waals surface area contributed by atoms with Crippen molar-refractivity contribution in [3.63, 3.8) is 0 Å². The first kappa shape index (κ1) is 11.0. The number of nitrogens with two attached hydrogens (primary N) is 1. The van der Waals surface area contributed by atoms with Crippen molar-refractivity contribution in [2.24, 2.45) is 0 Å². The van der Waals surface area contributed by atoms with Crippen molar-refractivity contribution >= 4 is 17.4 Å². The van der Waals surface area contributed by atoms with Crippen LogP contribution in [0.25, 0.3) is 0 Å². The topological polar surface area (TPSA) is 38.9 Å². The number of nitrogens with zero attached hydrogens (tertiary/aromatic N) is 1. The highest BCUT2D eigenvalue weighted by Gasteiger charge is 2.01. The highest BCUT2D eigenvalue weighted by molar-refractivity contribution is 7.99. The number of hydrogen-bond acceptors (Lipinski definition) is 3. The lowest BCUT2D eigenvalue weighted by atomic mass is 10.2. The van der Waals surface area contributed by atoms with E-state index in [4.69, 9.17) is 5.73 Å². The van der Waals surface area contributed by atoms with Crippen molar-refractivity contribution in [1.29, 1.82) is 0 Å². The molecule has 2 aromatic rings. The van der Waals surface area contributed by atoms with Gasteiger partial charge < -0.3 is 5.73 Å². The van der Waals surface area contributed by atoms with Gasteiger partial charge in [0.25, 0.3) is 0 Å². The Hall–Kier alpha value is -1.48. The second-order valence-electron chi connectivity index (χ2n) is 3.79. The predicted molar refractivity (Wildman–Crippen MR) is 68.7 cm³/mol. The van der Waals surface area contributed by atoms with E-state index >= 15 is 0 Å². The third-order valence-corrected chi connectivity index (χ3v) is 3.30. The summed E-state index contributed by atoms with van der Waals surface area (Å²) in [6.07, 6.45) is 1.81. The fourth-order valence-corrected chi connectivity index (χ4v) is 2.11. The maximum atomic E-state index is 5.85. The maximum absolute atomic E-state index is 5.85. The van der Waals surface area contributed by atoms with Gasteiger partial charge in [-0.25, -0.2) is 4.98 Å². The van der Waals surface area contributed by atoms with Gasteiger partial charge in [0.1, 0.15) is 5.03 Å². The molecule has 0 unspecified atom stereocenters. The van der Waals surface area contributed by atoms with Gasteiger partial charge in [0.2, 0.25) is 0 Å². The summed E-state index contributed by atoms with van der Waals surface area (Å²) in [5, 5.41) is 0.937. The van der Waals surface area contributed by atoms with Crippen LogP contribution in [0.1, 0.15) is 11.1 Å². The quantitative estimate of drug-likeness (QED) is 0.859. The number of hydrogen-bond donors (Lipinski definition) is 1. The SMILES string of the molecule is Cc1ccc(Sc2cc(N)c(C)cn2)cc1. The van der Waals surface area contributed by atoms with Crippen LogP contribution in [-0.2, 0) is 0 Å². The van der Waals surface area contributed by atoms with Crippen LogP contribution in [0.5, 0.6) is 0 Å². The third kappa shape index (κ3) is 2.55. The highest BCUT2D eigenvalue weighted by Crippen LogP contribution is 2.27. The third-order valence-electron chi connectivity index (χ3n) is 2.36. The normalized spacial score (nSPS) is 10.4. The Balaban J connectivity index is 2.20. The summed E-state index contributed by atoms with van der Waals surface area (Å²) in [6.45, 7) is 4.04. The van der Waals surface area contributed by atoms with Gasteiger partial charge in [-0.3, -0.25) is 0 Å². The molecule has 2 N–H and O–H groups in total. The first-order chi connectivity index (χ1) is 7.65. The number of aromatic nitrogens is 1. The molecule has 0 aliphatic carbocycles. The van der Waals surface area contributed by atoms with E-state index in [-0.39, 0.29) is 0 Å². The molecule has 1 heterocycles. The number of benzene rings is 1. The van der Waals surface area contributed by atoms with Crippen LogP contribution in [0, 0.1) is 13.8 Å². The average molecular weight is 230 g/mol. The molecule has 2 nitrogen and oxygen atoms in total. The fourth-order valence-electron chi connectivity index (χ4n) is 1.30. The minimum Gasteiger partial charge on any atom is -0.398 e. The molecule has 16 heavy (non-hydrogen) atoms. The van der Waals surface area contributed by atoms with E-state index in [1.54, 1.807) is 11.8 Å². The van der Waals surface area contributed by atoms with Crippen LogP contribution in [0.15, 0.2) is 46.5 Å². The molecular weight excluding hydrogens is 216 g/mol. The zero-order chi connectivity index (χ0) is 11.5. The standard InChI is InChI=1S/C13H14N2S/c1-9-3-5-11(6-4-9)16-13-7-12(14)10(2)8-15-13/h3-8H,1-2H3,(H2,14,15). The molecule has 1 aromatic carbocycles. The van der Waals surface area contributed by atoms with Crippen molar-refractivity contribution < 1.29 is 0 Å². The molecule has 2 rings (SSSR count). The van der Waals surface area contributed by atoms with Gasteiger partial charge in [0.05, 0.1) is 0 Å². The Morgan fingerprint density at radius 2 is 1.81 bits per heavy atom. The number of nitrogen functional groups attached to an aromatic ring is 1. The van der Waals surface area contributed by atoms with Crippen LogP contribution in [0.4, 0.5) is 5.69 Å². The molecule has 0 amide bonds. The molecule has 0 fully saturated rings. The van der Waals surface area contributed by atoms with Gasteiger partial charge in [-0.2, -0.15) is 0 Å². The minimum absolute atomic E-state index is 0.796. The van der Waals surface area contributed by atoms with Crippen molar-refractivity contribution in [2.45, 2.75) is 23.8 Å². The Labute approximate surface area is 99.9 Å². The molecule has 0 saturated heterocycles. The summed E-state index contributed by atoms with van der Waals surface area (Å²) in [7, 11) is 0. The molecule has 0 radical (unpaired) electrons. The zero-order valence-electron chi connectivity index (χ0n) is 9.40. The van der Waals surface area contributed by atoms with Gasteiger partial charge in [0, 0.05) is 16.8 Å². The predicted octanol–water partition coefficient (Wildman–Crippen LogP) is 3.43. The van der Waals surface area contributed by atoms with Crippen LogP contribution < -0.4 is 5.73 Å². The van der Waals surface area contributed by atoms with Gasteiger partial charge >= 0.3 is 0 Å². The smallest absolute Gasteiger partial charge is 0.103 e. The summed E-state index contributed by atoms with van der Waals surface area (Å²) in [5.41, 5.74) is 8.93. The van der Waals surface area contributed by atoms with Gasteiger partial charge in [0.15, 0.2) is 0 Å². The Morgan fingerprint density at radius 1 is 1.12 bits per heavy atom. The molecule has 3 heteroatoms. The molecule has 0 atom stereocenters. The van der Waals surface area contributed by atoms with E-state index in [9.17, 15) is 0 Å². The molecule has 0 bridgehead atoms. The van der Waals surface area contributed by atoms with Crippen LogP contribution in [0.3, 0.4) is 0 Å². The van der Waals surface area contributed by atoms with Crippen LogP contribution in [-0.4, -0.2) is 4.98 Å². The highest BCUT2D eigenvalue weighted by atomic mass is 32.2. The average Bonchev–Trinajstić information content (AvgIpc) is 2.27. The molecule has 0 saturated carbocycles. The van der Waals surface area contributed by atoms with Crippen LogP contribution >= 0.6 is 11.8 Å². The van der Waals surface area contributed by atoms with E-state index in [2.05, 4.69) is 36.2 Å². The van der Waals surface area contributed by atoms with Gasteiger partial charge in [-0.05, 0) is 37.6 Å². The second-order valence-corrected chi connectivity index (χ2v) is 4.89. The lowest BCUT2D eigenvalue weighted by molar-refractivity contribution is 1.11. The maximum Gasteiger partial charge on any atom is 0.103 e. The monoisotopic (exact) mass is 230 g/mol.